The van der Waals surface area contributed by atoms with Gasteiger partial charge in [0.1, 0.15) is 0 Å². The number of carbonyl (C=O) groups excluding carboxylic acids is 2. The number of thiophene rings is 1. The van der Waals surface area contributed by atoms with E-state index in [1.165, 1.54) is 0 Å². The van der Waals surface area contributed by atoms with Crippen LogP contribution in [0.3, 0.4) is 0 Å². The Morgan fingerprint density at radius 3 is 2.62 bits per heavy atom. The first-order valence-electron chi connectivity index (χ1n) is 8.94. The minimum atomic E-state index is -0.0463. The van der Waals surface area contributed by atoms with Crippen molar-refractivity contribution in [1.29, 1.82) is 0 Å². The summed E-state index contributed by atoms with van der Waals surface area (Å²) >= 11 is 1.63. The summed E-state index contributed by atoms with van der Waals surface area (Å²) in [5.74, 6) is 0.0893. The molecule has 2 aromatic rings. The number of amides is 3. The van der Waals surface area contributed by atoms with E-state index in [0.717, 1.165) is 16.9 Å². The Bertz CT molecular complexity index is 698. The largest absolute Gasteiger partial charge is 0.356 e. The highest BCUT2D eigenvalue weighted by molar-refractivity contribution is 7.09. The Balaban J connectivity index is 1.34. The lowest BCUT2D eigenvalue weighted by atomic mass is 9.96. The highest BCUT2D eigenvalue weighted by atomic mass is 32.1. The van der Waals surface area contributed by atoms with Crippen molar-refractivity contribution >= 4 is 23.3 Å². The van der Waals surface area contributed by atoms with E-state index in [2.05, 4.69) is 15.6 Å². The third-order valence-electron chi connectivity index (χ3n) is 4.61. The maximum absolute atomic E-state index is 12.3. The Morgan fingerprint density at radius 2 is 1.92 bits per heavy atom. The number of hydrogen-bond donors (Lipinski definition) is 2. The molecule has 6 nitrogen and oxygen atoms in total. The van der Waals surface area contributed by atoms with Gasteiger partial charge < -0.3 is 15.5 Å². The van der Waals surface area contributed by atoms with Crippen molar-refractivity contribution in [2.75, 3.05) is 19.6 Å². The van der Waals surface area contributed by atoms with Gasteiger partial charge in [-0.1, -0.05) is 6.07 Å². The second kappa shape index (κ2) is 9.33. The predicted molar refractivity (Wildman–Crippen MR) is 102 cm³/mol. The first-order chi connectivity index (χ1) is 12.7. The molecule has 0 aromatic carbocycles. The standard InChI is InChI=1S/C19H24N4O2S/c24-18(21-10-5-15-3-8-20-9-4-15)16-6-11-23(12-7-16)19(25)22-14-17-2-1-13-26-17/h1-4,8-9,13,16H,5-7,10-12,14H2,(H,21,24)(H,22,25). The first-order valence-corrected chi connectivity index (χ1v) is 9.82. The number of urea groups is 1. The van der Waals surface area contributed by atoms with E-state index in [9.17, 15) is 9.59 Å². The van der Waals surface area contributed by atoms with Crippen LogP contribution in [-0.2, 0) is 17.8 Å². The van der Waals surface area contributed by atoms with Crippen LogP contribution in [0.5, 0.6) is 0 Å². The molecule has 1 saturated heterocycles. The third-order valence-corrected chi connectivity index (χ3v) is 5.49. The van der Waals surface area contributed by atoms with E-state index in [4.69, 9.17) is 0 Å². The molecule has 0 aliphatic carbocycles. The fraction of sp³-hybridized carbons (Fsp3) is 0.421. The summed E-state index contributed by atoms with van der Waals surface area (Å²) in [6.07, 6.45) is 5.76. The Hall–Kier alpha value is -2.41. The lowest BCUT2D eigenvalue weighted by molar-refractivity contribution is -0.126. The van der Waals surface area contributed by atoms with Crippen LogP contribution in [0.25, 0.3) is 0 Å². The van der Waals surface area contributed by atoms with Gasteiger partial charge in [0.25, 0.3) is 0 Å². The highest BCUT2D eigenvalue weighted by Crippen LogP contribution is 2.17. The molecule has 3 amide bonds. The molecule has 0 saturated carbocycles. The lowest BCUT2D eigenvalue weighted by Crippen LogP contribution is -2.46. The van der Waals surface area contributed by atoms with Crippen molar-refractivity contribution in [3.8, 4) is 0 Å². The van der Waals surface area contributed by atoms with E-state index in [0.29, 0.717) is 39.0 Å². The molecule has 0 atom stereocenters. The summed E-state index contributed by atoms with van der Waals surface area (Å²) in [5, 5.41) is 7.95. The molecular formula is C19H24N4O2S. The molecule has 3 rings (SSSR count). The summed E-state index contributed by atoms with van der Waals surface area (Å²) < 4.78 is 0. The van der Waals surface area contributed by atoms with E-state index in [1.807, 2.05) is 29.6 Å². The maximum Gasteiger partial charge on any atom is 0.317 e. The van der Waals surface area contributed by atoms with Crippen LogP contribution in [0.1, 0.15) is 23.3 Å². The van der Waals surface area contributed by atoms with Crippen molar-refractivity contribution in [2.45, 2.75) is 25.8 Å². The zero-order valence-electron chi connectivity index (χ0n) is 14.7. The van der Waals surface area contributed by atoms with Crippen molar-refractivity contribution in [2.24, 2.45) is 5.92 Å². The van der Waals surface area contributed by atoms with Gasteiger partial charge in [0, 0.05) is 42.8 Å². The number of nitrogens with zero attached hydrogens (tertiary/aromatic N) is 2. The highest BCUT2D eigenvalue weighted by Gasteiger charge is 2.27. The van der Waals surface area contributed by atoms with Crippen LogP contribution >= 0.6 is 11.3 Å². The Kier molecular flexibility index (Phi) is 6.60. The smallest absolute Gasteiger partial charge is 0.317 e. The van der Waals surface area contributed by atoms with Gasteiger partial charge in [-0.15, -0.1) is 11.3 Å². The molecule has 1 fully saturated rings. The second-order valence-corrected chi connectivity index (χ2v) is 7.43. The van der Waals surface area contributed by atoms with Gasteiger partial charge in [0.2, 0.25) is 5.91 Å². The number of piperidine rings is 1. The molecule has 0 spiro atoms. The fourth-order valence-electron chi connectivity index (χ4n) is 3.06. The molecule has 26 heavy (non-hydrogen) atoms. The number of aromatic nitrogens is 1. The van der Waals surface area contributed by atoms with E-state index >= 15 is 0 Å². The average molecular weight is 372 g/mol. The Morgan fingerprint density at radius 1 is 1.15 bits per heavy atom. The topological polar surface area (TPSA) is 74.3 Å². The van der Waals surface area contributed by atoms with Gasteiger partial charge in [0.15, 0.2) is 0 Å². The minimum absolute atomic E-state index is 0.00575. The van der Waals surface area contributed by atoms with E-state index < -0.39 is 0 Å². The number of nitrogens with one attached hydrogen (secondary N) is 2. The average Bonchev–Trinajstić information content (AvgIpc) is 3.20. The zero-order chi connectivity index (χ0) is 18.2. The summed E-state index contributed by atoms with van der Waals surface area (Å²) in [7, 11) is 0. The third kappa shape index (κ3) is 5.29. The number of likely N-dealkylation sites (tertiary alicyclic amines) is 1. The van der Waals surface area contributed by atoms with E-state index in [1.54, 1.807) is 28.6 Å². The molecule has 138 valence electrons. The summed E-state index contributed by atoms with van der Waals surface area (Å²) in [6, 6.07) is 7.85. The van der Waals surface area contributed by atoms with Gasteiger partial charge in [-0.3, -0.25) is 9.78 Å². The molecule has 1 aliphatic rings. The van der Waals surface area contributed by atoms with Crippen molar-refractivity contribution in [3.63, 3.8) is 0 Å². The first kappa shape index (κ1) is 18.4. The lowest BCUT2D eigenvalue weighted by Gasteiger charge is -2.31. The number of carbonyl (C=O) groups is 2. The quantitative estimate of drug-likeness (QED) is 0.818. The van der Waals surface area contributed by atoms with Crippen LogP contribution in [0.4, 0.5) is 4.79 Å². The van der Waals surface area contributed by atoms with Crippen LogP contribution < -0.4 is 10.6 Å². The second-order valence-electron chi connectivity index (χ2n) is 6.40. The van der Waals surface area contributed by atoms with Crippen molar-refractivity contribution in [1.82, 2.24) is 20.5 Å². The van der Waals surface area contributed by atoms with Gasteiger partial charge in [-0.25, -0.2) is 4.79 Å². The van der Waals surface area contributed by atoms with Crippen molar-refractivity contribution < 1.29 is 9.59 Å². The zero-order valence-corrected chi connectivity index (χ0v) is 15.5. The molecule has 3 heterocycles. The molecule has 2 aromatic heterocycles. The number of hydrogen-bond acceptors (Lipinski definition) is 4. The molecule has 2 N–H and O–H groups in total. The van der Waals surface area contributed by atoms with Gasteiger partial charge in [0.05, 0.1) is 6.54 Å². The van der Waals surface area contributed by atoms with Crippen LogP contribution in [-0.4, -0.2) is 41.5 Å². The molecule has 0 unspecified atom stereocenters. The molecule has 0 bridgehead atoms. The van der Waals surface area contributed by atoms with Crippen LogP contribution in [0.15, 0.2) is 42.0 Å². The predicted octanol–water partition coefficient (Wildman–Crippen LogP) is 2.42. The SMILES string of the molecule is O=C(NCCc1ccncc1)C1CCN(C(=O)NCc2cccs2)CC1. The van der Waals surface area contributed by atoms with Crippen LogP contribution in [0.2, 0.25) is 0 Å². The monoisotopic (exact) mass is 372 g/mol. The molecule has 1 aliphatic heterocycles. The molecular weight excluding hydrogens is 348 g/mol. The maximum atomic E-state index is 12.3. The van der Waals surface area contributed by atoms with Gasteiger partial charge >= 0.3 is 6.03 Å². The van der Waals surface area contributed by atoms with Gasteiger partial charge in [-0.05, 0) is 48.4 Å². The molecule has 0 radical (unpaired) electrons. The van der Waals surface area contributed by atoms with Crippen LogP contribution in [0, 0.1) is 5.92 Å². The summed E-state index contributed by atoms with van der Waals surface area (Å²) in [4.78, 5) is 31.4. The van der Waals surface area contributed by atoms with E-state index in [-0.39, 0.29) is 17.9 Å². The summed E-state index contributed by atoms with van der Waals surface area (Å²) in [6.45, 7) is 2.44. The normalized spacial score (nSPS) is 14.8. The number of pyridine rings is 1. The molecule has 7 heteroatoms. The fourth-order valence-corrected chi connectivity index (χ4v) is 3.70. The Labute approximate surface area is 157 Å². The minimum Gasteiger partial charge on any atom is -0.356 e. The summed E-state index contributed by atoms with van der Waals surface area (Å²) in [5.41, 5.74) is 1.16. The van der Waals surface area contributed by atoms with Crippen molar-refractivity contribution in [3.05, 3.63) is 52.5 Å². The number of rotatable bonds is 6. The van der Waals surface area contributed by atoms with Gasteiger partial charge in [-0.2, -0.15) is 0 Å².